The molecule has 0 spiro atoms. The van der Waals surface area contributed by atoms with Crippen LogP contribution in [0, 0.1) is 15.5 Å². The van der Waals surface area contributed by atoms with E-state index in [0.717, 1.165) is 6.42 Å². The highest BCUT2D eigenvalue weighted by Crippen LogP contribution is 2.29. The molecule has 1 saturated heterocycles. The zero-order valence-electron chi connectivity index (χ0n) is 10.6. The fraction of sp³-hybridized carbons (Fsp3) is 0.545. The van der Waals surface area contributed by atoms with Gasteiger partial charge in [-0.2, -0.15) is 0 Å². The number of amides is 1. The van der Waals surface area contributed by atoms with Crippen LogP contribution in [0.3, 0.4) is 0 Å². The SMILES string of the molecule is CC1(CN)CCN(C(=O)c2cc([N+](=O)[O-])c[nH]2)C1.Cl. The lowest BCUT2D eigenvalue weighted by Crippen LogP contribution is -2.34. The minimum atomic E-state index is -0.527. The maximum Gasteiger partial charge on any atom is 0.287 e. The highest BCUT2D eigenvalue weighted by Gasteiger charge is 2.35. The van der Waals surface area contributed by atoms with Crippen LogP contribution in [0.5, 0.6) is 0 Å². The summed E-state index contributed by atoms with van der Waals surface area (Å²) in [6.07, 6.45) is 2.09. The lowest BCUT2D eigenvalue weighted by molar-refractivity contribution is -0.384. The number of rotatable bonds is 3. The largest absolute Gasteiger partial charge is 0.351 e. The van der Waals surface area contributed by atoms with Crippen LogP contribution >= 0.6 is 12.4 Å². The second-order valence-corrected chi connectivity index (χ2v) is 5.02. The van der Waals surface area contributed by atoms with Crippen molar-refractivity contribution in [1.82, 2.24) is 9.88 Å². The van der Waals surface area contributed by atoms with E-state index in [1.165, 1.54) is 12.3 Å². The van der Waals surface area contributed by atoms with Crippen molar-refractivity contribution in [1.29, 1.82) is 0 Å². The standard InChI is InChI=1S/C11H16N4O3.ClH/c1-11(6-12)2-3-14(7-11)10(16)9-4-8(5-13-9)15(17)18;/h4-5,13H,2-3,6-7,12H2,1H3;1H. The van der Waals surface area contributed by atoms with Crippen LogP contribution in [0.1, 0.15) is 23.8 Å². The van der Waals surface area contributed by atoms with Crippen molar-refractivity contribution in [2.24, 2.45) is 11.1 Å². The van der Waals surface area contributed by atoms with Crippen molar-refractivity contribution >= 4 is 24.0 Å². The van der Waals surface area contributed by atoms with Gasteiger partial charge in [-0.3, -0.25) is 14.9 Å². The summed E-state index contributed by atoms with van der Waals surface area (Å²) in [5.74, 6) is -0.208. The van der Waals surface area contributed by atoms with Crippen molar-refractivity contribution in [3.63, 3.8) is 0 Å². The lowest BCUT2D eigenvalue weighted by atomic mass is 9.90. The molecule has 0 aromatic carbocycles. The first-order valence-corrected chi connectivity index (χ1v) is 5.77. The van der Waals surface area contributed by atoms with Crippen LogP contribution in [0.2, 0.25) is 0 Å². The van der Waals surface area contributed by atoms with Crippen LogP contribution in [0.15, 0.2) is 12.3 Å². The Morgan fingerprint density at radius 3 is 2.84 bits per heavy atom. The monoisotopic (exact) mass is 288 g/mol. The van der Waals surface area contributed by atoms with Gasteiger partial charge in [0.2, 0.25) is 0 Å². The highest BCUT2D eigenvalue weighted by atomic mass is 35.5. The number of halogens is 1. The molecule has 0 aliphatic carbocycles. The van der Waals surface area contributed by atoms with Crippen LogP contribution in [0.25, 0.3) is 0 Å². The van der Waals surface area contributed by atoms with Gasteiger partial charge in [0.05, 0.1) is 11.1 Å². The Kier molecular flexibility index (Phi) is 4.54. The van der Waals surface area contributed by atoms with E-state index in [9.17, 15) is 14.9 Å². The van der Waals surface area contributed by atoms with Crippen molar-refractivity contribution < 1.29 is 9.72 Å². The molecule has 1 aliphatic rings. The quantitative estimate of drug-likeness (QED) is 0.643. The molecule has 1 fully saturated rings. The van der Waals surface area contributed by atoms with Gasteiger partial charge in [0, 0.05) is 19.2 Å². The summed E-state index contributed by atoms with van der Waals surface area (Å²) >= 11 is 0. The lowest BCUT2D eigenvalue weighted by Gasteiger charge is -2.22. The van der Waals surface area contributed by atoms with Gasteiger partial charge < -0.3 is 15.6 Å². The fourth-order valence-electron chi connectivity index (χ4n) is 2.15. The molecule has 0 saturated carbocycles. The summed E-state index contributed by atoms with van der Waals surface area (Å²) < 4.78 is 0. The van der Waals surface area contributed by atoms with E-state index in [1.54, 1.807) is 4.90 Å². The molecule has 1 atom stereocenters. The van der Waals surface area contributed by atoms with Crippen LogP contribution in [-0.2, 0) is 0 Å². The molecule has 106 valence electrons. The minimum Gasteiger partial charge on any atom is -0.351 e. The molecule has 19 heavy (non-hydrogen) atoms. The van der Waals surface area contributed by atoms with E-state index in [4.69, 9.17) is 5.73 Å². The maximum atomic E-state index is 12.1. The van der Waals surface area contributed by atoms with Crippen LogP contribution in [-0.4, -0.2) is 40.3 Å². The summed E-state index contributed by atoms with van der Waals surface area (Å²) in [6.45, 7) is 3.80. The van der Waals surface area contributed by atoms with Crippen LogP contribution in [0.4, 0.5) is 5.69 Å². The number of carbonyl (C=O) groups is 1. The van der Waals surface area contributed by atoms with Gasteiger partial charge in [0.1, 0.15) is 5.69 Å². The van der Waals surface area contributed by atoms with Gasteiger partial charge in [0.15, 0.2) is 0 Å². The van der Waals surface area contributed by atoms with Gasteiger partial charge in [-0.1, -0.05) is 6.92 Å². The number of hydrogen-bond donors (Lipinski definition) is 2. The average Bonchev–Trinajstić information content (AvgIpc) is 2.95. The molecule has 0 bridgehead atoms. The number of nitro groups is 1. The Labute approximate surface area is 116 Å². The molecular formula is C11H17ClN4O3. The Bertz CT molecular complexity index is 490. The van der Waals surface area contributed by atoms with E-state index in [1.807, 2.05) is 6.92 Å². The first-order chi connectivity index (χ1) is 8.45. The Hall–Kier alpha value is -1.60. The number of nitrogens with zero attached hydrogens (tertiary/aromatic N) is 2. The average molecular weight is 289 g/mol. The summed E-state index contributed by atoms with van der Waals surface area (Å²) in [7, 11) is 0. The zero-order chi connectivity index (χ0) is 13.3. The van der Waals surface area contributed by atoms with Gasteiger partial charge in [-0.25, -0.2) is 0 Å². The number of H-pyrrole nitrogens is 1. The number of nitrogens with one attached hydrogen (secondary N) is 1. The molecule has 1 amide bonds. The van der Waals surface area contributed by atoms with E-state index >= 15 is 0 Å². The molecule has 2 rings (SSSR count). The molecule has 8 heteroatoms. The normalized spacial score (nSPS) is 22.1. The number of aromatic nitrogens is 1. The molecule has 2 heterocycles. The number of likely N-dealkylation sites (tertiary alicyclic amines) is 1. The molecular weight excluding hydrogens is 272 g/mol. The molecule has 7 nitrogen and oxygen atoms in total. The molecule has 3 N–H and O–H groups in total. The number of carbonyl (C=O) groups excluding carboxylic acids is 1. The third kappa shape index (κ3) is 3.05. The van der Waals surface area contributed by atoms with E-state index in [-0.39, 0.29) is 35.1 Å². The molecule has 1 unspecified atom stereocenters. The van der Waals surface area contributed by atoms with Gasteiger partial charge >= 0.3 is 0 Å². The second-order valence-electron chi connectivity index (χ2n) is 5.02. The molecule has 1 aromatic heterocycles. The minimum absolute atomic E-state index is 0. The summed E-state index contributed by atoms with van der Waals surface area (Å²) in [5.41, 5.74) is 5.79. The topological polar surface area (TPSA) is 105 Å². The smallest absolute Gasteiger partial charge is 0.287 e. The van der Waals surface area contributed by atoms with E-state index in [0.29, 0.717) is 19.6 Å². The van der Waals surface area contributed by atoms with Crippen molar-refractivity contribution in [3.05, 3.63) is 28.1 Å². The summed E-state index contributed by atoms with van der Waals surface area (Å²) in [4.78, 5) is 26.5. The number of nitrogens with two attached hydrogens (primary N) is 1. The van der Waals surface area contributed by atoms with Gasteiger partial charge in [-0.15, -0.1) is 12.4 Å². The first-order valence-electron chi connectivity index (χ1n) is 5.77. The Morgan fingerprint density at radius 2 is 2.37 bits per heavy atom. The summed E-state index contributed by atoms with van der Waals surface area (Å²) in [6, 6.07) is 1.26. The predicted molar refractivity (Wildman–Crippen MR) is 72.4 cm³/mol. The van der Waals surface area contributed by atoms with Gasteiger partial charge in [-0.05, 0) is 18.4 Å². The highest BCUT2D eigenvalue weighted by molar-refractivity contribution is 5.93. The fourth-order valence-corrected chi connectivity index (χ4v) is 2.15. The molecule has 1 aromatic rings. The van der Waals surface area contributed by atoms with Crippen LogP contribution < -0.4 is 5.73 Å². The maximum absolute atomic E-state index is 12.1. The predicted octanol–water partition coefficient (Wildman–Crippen LogP) is 1.16. The van der Waals surface area contributed by atoms with E-state index in [2.05, 4.69) is 4.98 Å². The van der Waals surface area contributed by atoms with Crippen molar-refractivity contribution in [2.75, 3.05) is 19.6 Å². The second kappa shape index (κ2) is 5.58. The zero-order valence-corrected chi connectivity index (χ0v) is 11.4. The molecule has 0 radical (unpaired) electrons. The Morgan fingerprint density at radius 1 is 1.68 bits per heavy atom. The van der Waals surface area contributed by atoms with E-state index < -0.39 is 4.92 Å². The molecule has 1 aliphatic heterocycles. The number of hydrogen-bond acceptors (Lipinski definition) is 4. The van der Waals surface area contributed by atoms with Gasteiger partial charge in [0.25, 0.3) is 11.6 Å². The number of aromatic amines is 1. The van der Waals surface area contributed by atoms with Crippen molar-refractivity contribution in [3.8, 4) is 0 Å². The first kappa shape index (κ1) is 15.5. The summed E-state index contributed by atoms with van der Waals surface area (Å²) in [5, 5.41) is 10.6. The Balaban J connectivity index is 0.00000180. The third-order valence-electron chi connectivity index (χ3n) is 3.45. The van der Waals surface area contributed by atoms with Crippen molar-refractivity contribution in [2.45, 2.75) is 13.3 Å². The third-order valence-corrected chi connectivity index (χ3v) is 3.45.